The average molecular weight is 742 g/mol. The molecule has 3 aromatic heterocycles. The second-order valence-electron chi connectivity index (χ2n) is 11.6. The molecule has 0 saturated heterocycles. The molecule has 4 aromatic rings. The van der Waals surface area contributed by atoms with Crippen LogP contribution in [0, 0.1) is 0 Å². The number of nitrogen functional groups attached to an aromatic ring is 2. The number of H-pyrrole nitrogens is 1. The predicted octanol–water partition coefficient (Wildman–Crippen LogP) is 2.85. The molecule has 0 saturated carbocycles. The monoisotopic (exact) mass is 741 g/mol. The van der Waals surface area contributed by atoms with Gasteiger partial charge >= 0.3 is 0 Å². The molecular weight excluding hydrogens is 690 g/mol. The van der Waals surface area contributed by atoms with Gasteiger partial charge in [-0.1, -0.05) is 11.2 Å². The van der Waals surface area contributed by atoms with E-state index < -0.39 is 0 Å². The van der Waals surface area contributed by atoms with Crippen LogP contribution in [0.4, 0.5) is 11.6 Å². The first-order valence-corrected chi connectivity index (χ1v) is 17.7. The number of amides is 1. The lowest BCUT2D eigenvalue weighted by Crippen LogP contribution is -2.27. The second kappa shape index (κ2) is 24.6. The van der Waals surface area contributed by atoms with Gasteiger partial charge in [0, 0.05) is 47.4 Å². The van der Waals surface area contributed by atoms with Crippen LogP contribution in [0.5, 0.6) is 0 Å². The summed E-state index contributed by atoms with van der Waals surface area (Å²) in [6, 6.07) is 7.81. The Balaban J connectivity index is 0.931. The summed E-state index contributed by atoms with van der Waals surface area (Å²) in [4.78, 5) is 26.7. The standard InChI is InChI=1S/C34H51N11O8/c35-29-24-27-23-26(4-5-28(27)42-29)32-31-33(36)39-25-40-34(31)45(43-32)8-2-1-3-30(46)38-6-9-47-11-13-49-15-17-51-19-21-53-22-20-52-18-16-50-14-12-48-10-7-41-44-37/h4-5,23-25,42H,1-3,6-22,35H2,(H,38,46)(H2,36,39,40). The van der Waals surface area contributed by atoms with Gasteiger partial charge in [-0.15, -0.1) is 0 Å². The number of hydrogen-bond donors (Lipinski definition) is 4. The van der Waals surface area contributed by atoms with Gasteiger partial charge in [0.15, 0.2) is 5.65 Å². The van der Waals surface area contributed by atoms with Crippen molar-refractivity contribution < 1.29 is 38.0 Å². The first-order valence-electron chi connectivity index (χ1n) is 17.7. The molecule has 0 aliphatic rings. The van der Waals surface area contributed by atoms with Gasteiger partial charge in [0.05, 0.1) is 97.9 Å². The smallest absolute Gasteiger partial charge is 0.220 e. The highest BCUT2D eigenvalue weighted by Crippen LogP contribution is 2.32. The fourth-order valence-corrected chi connectivity index (χ4v) is 5.16. The van der Waals surface area contributed by atoms with Gasteiger partial charge in [-0.2, -0.15) is 5.10 Å². The van der Waals surface area contributed by atoms with Crippen LogP contribution in [0.25, 0.3) is 43.6 Å². The second-order valence-corrected chi connectivity index (χ2v) is 11.6. The number of carbonyl (C=O) groups is 1. The third kappa shape index (κ3) is 15.1. The van der Waals surface area contributed by atoms with Gasteiger partial charge in [0.1, 0.15) is 23.7 Å². The lowest BCUT2D eigenvalue weighted by molar-refractivity contribution is -0.121. The number of aryl methyl sites for hydroxylation is 1. The Morgan fingerprint density at radius 3 is 2.04 bits per heavy atom. The van der Waals surface area contributed by atoms with Gasteiger partial charge in [0.2, 0.25) is 5.91 Å². The molecule has 0 aliphatic heterocycles. The van der Waals surface area contributed by atoms with Gasteiger partial charge < -0.3 is 54.9 Å². The summed E-state index contributed by atoms with van der Waals surface area (Å²) >= 11 is 0. The van der Waals surface area contributed by atoms with E-state index >= 15 is 0 Å². The molecule has 53 heavy (non-hydrogen) atoms. The number of hydrogen-bond acceptors (Lipinski definition) is 14. The number of rotatable bonds is 30. The Labute approximate surface area is 307 Å². The van der Waals surface area contributed by atoms with Crippen molar-refractivity contribution in [1.29, 1.82) is 0 Å². The van der Waals surface area contributed by atoms with Crippen molar-refractivity contribution in [3.8, 4) is 11.3 Å². The molecule has 0 aliphatic carbocycles. The van der Waals surface area contributed by atoms with Gasteiger partial charge in [-0.25, -0.2) is 14.6 Å². The molecule has 1 amide bonds. The topological polar surface area (TPSA) is 254 Å². The molecule has 19 heteroatoms. The summed E-state index contributed by atoms with van der Waals surface area (Å²) in [7, 11) is 0. The van der Waals surface area contributed by atoms with Crippen LogP contribution >= 0.6 is 0 Å². The number of carbonyl (C=O) groups excluding carboxylic acids is 1. The number of unbranched alkanes of at least 4 members (excludes halogenated alkanes) is 1. The minimum Gasteiger partial charge on any atom is -0.385 e. The summed E-state index contributed by atoms with van der Waals surface area (Å²) in [5, 5.41) is 12.8. The van der Waals surface area contributed by atoms with Gasteiger partial charge in [0.25, 0.3) is 0 Å². The maximum Gasteiger partial charge on any atom is 0.220 e. The highest BCUT2D eigenvalue weighted by molar-refractivity contribution is 6.00. The van der Waals surface area contributed by atoms with Crippen molar-refractivity contribution in [2.45, 2.75) is 25.8 Å². The molecule has 3 heterocycles. The molecule has 0 spiro atoms. The van der Waals surface area contributed by atoms with Crippen LogP contribution < -0.4 is 16.8 Å². The van der Waals surface area contributed by atoms with E-state index in [9.17, 15) is 4.79 Å². The maximum atomic E-state index is 12.3. The molecule has 0 bridgehead atoms. The number of nitrogens with zero attached hydrogens (tertiary/aromatic N) is 7. The first kappa shape index (κ1) is 41.2. The molecule has 1 aromatic carbocycles. The number of aromatic amines is 1. The van der Waals surface area contributed by atoms with E-state index in [1.165, 1.54) is 6.33 Å². The van der Waals surface area contributed by atoms with Crippen molar-refractivity contribution in [3.63, 3.8) is 0 Å². The fourth-order valence-electron chi connectivity index (χ4n) is 5.16. The van der Waals surface area contributed by atoms with E-state index in [4.69, 9.17) is 55.3 Å². The van der Waals surface area contributed by atoms with Crippen LogP contribution in [-0.4, -0.2) is 136 Å². The minimum atomic E-state index is -0.0281. The van der Waals surface area contributed by atoms with Crippen LogP contribution in [0.2, 0.25) is 0 Å². The number of nitrogens with two attached hydrogens (primary N) is 2. The van der Waals surface area contributed by atoms with Crippen molar-refractivity contribution >= 4 is 39.5 Å². The van der Waals surface area contributed by atoms with E-state index in [-0.39, 0.29) is 5.91 Å². The zero-order valence-electron chi connectivity index (χ0n) is 30.1. The SMILES string of the molecule is [N-]=[N+]=NCCOCCOCCOCCOCCOCCOCCOCCNC(=O)CCCCn1nc(-c2ccc3[nH]c(N)cc3c2)c2c(N)ncnc21. The Hall–Kier alpha value is -4.59. The molecule has 0 unspecified atom stereocenters. The highest BCUT2D eigenvalue weighted by Gasteiger charge is 2.17. The molecular formula is C34H51N11O8. The van der Waals surface area contributed by atoms with Crippen molar-refractivity contribution in [2.24, 2.45) is 5.11 Å². The van der Waals surface area contributed by atoms with Crippen LogP contribution in [0.1, 0.15) is 19.3 Å². The highest BCUT2D eigenvalue weighted by atomic mass is 16.6. The van der Waals surface area contributed by atoms with Crippen LogP contribution in [0.3, 0.4) is 0 Å². The van der Waals surface area contributed by atoms with Crippen molar-refractivity contribution in [2.75, 3.05) is 117 Å². The van der Waals surface area contributed by atoms with Crippen molar-refractivity contribution in [1.82, 2.24) is 30.0 Å². The minimum absolute atomic E-state index is 0.0281. The molecule has 0 radical (unpaired) electrons. The Bertz CT molecular complexity index is 1700. The van der Waals surface area contributed by atoms with E-state index in [0.29, 0.717) is 153 Å². The van der Waals surface area contributed by atoms with E-state index in [0.717, 1.165) is 22.9 Å². The summed E-state index contributed by atoms with van der Waals surface area (Å²) in [5.74, 6) is 0.928. The van der Waals surface area contributed by atoms with Crippen LogP contribution in [-0.2, 0) is 44.5 Å². The van der Waals surface area contributed by atoms with E-state index in [1.54, 1.807) is 0 Å². The summed E-state index contributed by atoms with van der Waals surface area (Å²) in [5.41, 5.74) is 23.5. The first-order chi connectivity index (χ1) is 26.1. The average Bonchev–Trinajstić information content (AvgIpc) is 3.73. The number of nitrogens with one attached hydrogen (secondary N) is 2. The molecule has 6 N–H and O–H groups in total. The quantitative estimate of drug-likeness (QED) is 0.0260. The largest absolute Gasteiger partial charge is 0.385 e. The normalized spacial score (nSPS) is 11.4. The summed E-state index contributed by atoms with van der Waals surface area (Å²) < 4.78 is 39.8. The molecule has 4 rings (SSSR count). The Morgan fingerprint density at radius 2 is 1.42 bits per heavy atom. The Kier molecular flexibility index (Phi) is 19.1. The molecule has 0 fully saturated rings. The van der Waals surface area contributed by atoms with E-state index in [2.05, 4.69) is 30.3 Å². The molecule has 290 valence electrons. The number of aromatic nitrogens is 5. The number of fused-ring (bicyclic) bond motifs is 2. The number of ether oxygens (including phenoxy) is 7. The lowest BCUT2D eigenvalue weighted by atomic mass is 10.1. The molecule has 19 nitrogen and oxygen atoms in total. The van der Waals surface area contributed by atoms with E-state index in [1.807, 2.05) is 28.9 Å². The third-order valence-electron chi connectivity index (χ3n) is 7.70. The number of anilines is 2. The third-order valence-corrected chi connectivity index (χ3v) is 7.70. The zero-order valence-corrected chi connectivity index (χ0v) is 30.1. The Morgan fingerprint density at radius 1 is 0.811 bits per heavy atom. The lowest BCUT2D eigenvalue weighted by Gasteiger charge is -2.09. The summed E-state index contributed by atoms with van der Waals surface area (Å²) in [6.07, 6.45) is 3.25. The van der Waals surface area contributed by atoms with Gasteiger partial charge in [-0.3, -0.25) is 4.79 Å². The number of azide groups is 1. The van der Waals surface area contributed by atoms with Crippen molar-refractivity contribution in [3.05, 3.63) is 41.0 Å². The van der Waals surface area contributed by atoms with Crippen LogP contribution in [0.15, 0.2) is 35.7 Å². The van der Waals surface area contributed by atoms with Gasteiger partial charge in [-0.05, 0) is 36.6 Å². The maximum absolute atomic E-state index is 12.3. The summed E-state index contributed by atoms with van der Waals surface area (Å²) in [6.45, 7) is 7.64. The fraction of sp³-hybridized carbons (Fsp3) is 0.588. The predicted molar refractivity (Wildman–Crippen MR) is 198 cm³/mol. The zero-order chi connectivity index (χ0) is 37.4. The number of benzene rings is 1. The molecule has 0 atom stereocenters.